The molecule has 1 aromatic heterocycles. The van der Waals surface area contributed by atoms with Gasteiger partial charge in [0.1, 0.15) is 0 Å². The van der Waals surface area contributed by atoms with Gasteiger partial charge in [0.2, 0.25) is 0 Å². The Morgan fingerprint density at radius 3 is 2.56 bits per heavy atom. The van der Waals surface area contributed by atoms with E-state index in [1.165, 1.54) is 0 Å². The molecule has 0 fully saturated rings. The number of para-hydroxylation sites is 1. The quantitative estimate of drug-likeness (QED) is 0.734. The summed E-state index contributed by atoms with van der Waals surface area (Å²) in [6, 6.07) is 19.3. The molecular formula is C22H20N2O. The van der Waals surface area contributed by atoms with Gasteiger partial charge in [-0.25, -0.2) is 0 Å². The molecule has 0 aliphatic heterocycles. The second-order valence-electron chi connectivity index (χ2n) is 6.12. The maximum Gasteiger partial charge on any atom is 0.252 e. The third-order valence-electron chi connectivity index (χ3n) is 3.92. The van der Waals surface area contributed by atoms with Gasteiger partial charge in [0.25, 0.3) is 5.91 Å². The van der Waals surface area contributed by atoms with E-state index in [-0.39, 0.29) is 11.8 Å². The van der Waals surface area contributed by atoms with Gasteiger partial charge >= 0.3 is 0 Å². The highest BCUT2D eigenvalue weighted by Gasteiger charge is 2.13. The maximum atomic E-state index is 12.6. The van der Waals surface area contributed by atoms with Gasteiger partial charge in [0.15, 0.2) is 0 Å². The largest absolute Gasteiger partial charge is 0.341 e. The molecule has 3 rings (SSSR count). The highest BCUT2D eigenvalue weighted by atomic mass is 16.1. The Balaban J connectivity index is 1.81. The maximum absolute atomic E-state index is 12.6. The summed E-state index contributed by atoms with van der Waals surface area (Å²) < 4.78 is 0. The van der Waals surface area contributed by atoms with Crippen LogP contribution in [0.15, 0.2) is 60.7 Å². The van der Waals surface area contributed by atoms with Crippen molar-refractivity contribution in [2.45, 2.75) is 19.8 Å². The number of hydrogen-bond donors (Lipinski definition) is 1. The standard InChI is InChI=1S/C22H20N2O/c1-16(2)21-15-19(18-12-6-7-13-20(18)24-21)22(25)23-14-8-11-17-9-4-3-5-10-17/h3-7,9-10,12-13,15-16H,14H2,1-2H3,(H,23,25). The zero-order valence-electron chi connectivity index (χ0n) is 14.4. The third kappa shape index (κ3) is 4.05. The van der Waals surface area contributed by atoms with Crippen LogP contribution < -0.4 is 5.32 Å². The Hall–Kier alpha value is -3.12. The minimum atomic E-state index is -0.122. The Labute approximate surface area is 148 Å². The molecule has 3 heteroatoms. The molecule has 0 saturated carbocycles. The van der Waals surface area contributed by atoms with Crippen molar-refractivity contribution in [2.75, 3.05) is 6.54 Å². The predicted molar refractivity (Wildman–Crippen MR) is 101 cm³/mol. The van der Waals surface area contributed by atoms with Crippen molar-refractivity contribution in [1.82, 2.24) is 10.3 Å². The number of hydrogen-bond acceptors (Lipinski definition) is 2. The monoisotopic (exact) mass is 328 g/mol. The van der Waals surface area contributed by atoms with E-state index in [9.17, 15) is 4.79 Å². The van der Waals surface area contributed by atoms with Crippen molar-refractivity contribution >= 4 is 16.8 Å². The number of carbonyl (C=O) groups excluding carboxylic acids is 1. The number of nitrogens with zero attached hydrogens (tertiary/aromatic N) is 1. The molecule has 1 heterocycles. The topological polar surface area (TPSA) is 42.0 Å². The number of pyridine rings is 1. The predicted octanol–water partition coefficient (Wildman–Crippen LogP) is 4.14. The molecule has 0 bridgehead atoms. The van der Waals surface area contributed by atoms with Gasteiger partial charge in [-0.1, -0.05) is 62.1 Å². The molecule has 25 heavy (non-hydrogen) atoms. The SMILES string of the molecule is CC(C)c1cc(C(=O)NCC#Cc2ccccc2)c2ccccc2n1. The Morgan fingerprint density at radius 2 is 1.80 bits per heavy atom. The van der Waals surface area contributed by atoms with Crippen molar-refractivity contribution in [3.05, 3.63) is 77.5 Å². The van der Waals surface area contributed by atoms with E-state index in [4.69, 9.17) is 0 Å². The number of aromatic nitrogens is 1. The fraction of sp³-hybridized carbons (Fsp3) is 0.182. The zero-order chi connectivity index (χ0) is 17.6. The molecule has 0 radical (unpaired) electrons. The van der Waals surface area contributed by atoms with Crippen molar-refractivity contribution in [2.24, 2.45) is 0 Å². The van der Waals surface area contributed by atoms with Gasteiger partial charge in [-0.05, 0) is 30.2 Å². The molecule has 0 atom stereocenters. The lowest BCUT2D eigenvalue weighted by molar-refractivity contribution is 0.0960. The fourth-order valence-corrected chi connectivity index (χ4v) is 2.57. The van der Waals surface area contributed by atoms with Crippen LogP contribution in [0.1, 0.15) is 41.4 Å². The van der Waals surface area contributed by atoms with Crippen LogP contribution in [0.3, 0.4) is 0 Å². The number of carbonyl (C=O) groups is 1. The van der Waals surface area contributed by atoms with Crippen molar-refractivity contribution in [1.29, 1.82) is 0 Å². The lowest BCUT2D eigenvalue weighted by Gasteiger charge is -2.11. The third-order valence-corrected chi connectivity index (χ3v) is 3.92. The molecule has 2 aromatic carbocycles. The van der Waals surface area contributed by atoms with E-state index in [1.807, 2.05) is 60.7 Å². The summed E-state index contributed by atoms with van der Waals surface area (Å²) in [5, 5.41) is 3.75. The van der Waals surface area contributed by atoms with Crippen LogP contribution >= 0.6 is 0 Å². The summed E-state index contributed by atoms with van der Waals surface area (Å²) in [6.45, 7) is 4.45. The summed E-state index contributed by atoms with van der Waals surface area (Å²) in [7, 11) is 0. The zero-order valence-corrected chi connectivity index (χ0v) is 14.4. The highest BCUT2D eigenvalue weighted by Crippen LogP contribution is 2.22. The van der Waals surface area contributed by atoms with Gasteiger partial charge in [-0.15, -0.1) is 0 Å². The van der Waals surface area contributed by atoms with Crippen LogP contribution in [-0.2, 0) is 0 Å². The van der Waals surface area contributed by atoms with Gasteiger partial charge in [0, 0.05) is 16.6 Å². The van der Waals surface area contributed by atoms with E-state index in [1.54, 1.807) is 0 Å². The molecule has 3 aromatic rings. The molecule has 0 aliphatic carbocycles. The van der Waals surface area contributed by atoms with E-state index in [0.717, 1.165) is 22.2 Å². The Bertz CT molecular complexity index is 950. The second-order valence-corrected chi connectivity index (χ2v) is 6.12. The Kier molecular flexibility index (Phi) is 5.11. The van der Waals surface area contributed by atoms with Crippen LogP contribution in [0.5, 0.6) is 0 Å². The molecule has 3 nitrogen and oxygen atoms in total. The lowest BCUT2D eigenvalue weighted by Crippen LogP contribution is -2.24. The van der Waals surface area contributed by atoms with Gasteiger partial charge in [-0.3, -0.25) is 9.78 Å². The van der Waals surface area contributed by atoms with Crippen LogP contribution in [0.2, 0.25) is 0 Å². The van der Waals surface area contributed by atoms with Crippen molar-refractivity contribution < 1.29 is 4.79 Å². The van der Waals surface area contributed by atoms with Gasteiger partial charge < -0.3 is 5.32 Å². The lowest BCUT2D eigenvalue weighted by atomic mass is 10.0. The van der Waals surface area contributed by atoms with Crippen molar-refractivity contribution in [3.63, 3.8) is 0 Å². The second kappa shape index (κ2) is 7.63. The minimum Gasteiger partial charge on any atom is -0.341 e. The number of benzene rings is 2. The van der Waals surface area contributed by atoms with Crippen LogP contribution in [0, 0.1) is 11.8 Å². The fourth-order valence-electron chi connectivity index (χ4n) is 2.57. The van der Waals surface area contributed by atoms with E-state index >= 15 is 0 Å². The highest BCUT2D eigenvalue weighted by molar-refractivity contribution is 6.06. The number of fused-ring (bicyclic) bond motifs is 1. The summed E-state index contributed by atoms with van der Waals surface area (Å²) in [4.78, 5) is 17.3. The summed E-state index contributed by atoms with van der Waals surface area (Å²) >= 11 is 0. The molecule has 0 saturated heterocycles. The van der Waals surface area contributed by atoms with Crippen LogP contribution in [-0.4, -0.2) is 17.4 Å². The first-order valence-electron chi connectivity index (χ1n) is 8.37. The van der Waals surface area contributed by atoms with E-state index < -0.39 is 0 Å². The van der Waals surface area contributed by atoms with E-state index in [0.29, 0.717) is 12.1 Å². The molecule has 0 spiro atoms. The molecule has 0 aliphatic rings. The summed E-state index contributed by atoms with van der Waals surface area (Å²) in [5.41, 5.74) is 3.34. The van der Waals surface area contributed by atoms with Gasteiger partial charge in [0.05, 0.1) is 17.6 Å². The van der Waals surface area contributed by atoms with Crippen LogP contribution in [0.4, 0.5) is 0 Å². The van der Waals surface area contributed by atoms with Gasteiger partial charge in [-0.2, -0.15) is 0 Å². The minimum absolute atomic E-state index is 0.122. The summed E-state index contributed by atoms with van der Waals surface area (Å²) in [5.74, 6) is 6.17. The smallest absolute Gasteiger partial charge is 0.252 e. The summed E-state index contributed by atoms with van der Waals surface area (Å²) in [6.07, 6.45) is 0. The molecule has 1 N–H and O–H groups in total. The molecule has 124 valence electrons. The number of amides is 1. The average molecular weight is 328 g/mol. The normalized spacial score (nSPS) is 10.4. The number of nitrogens with one attached hydrogen (secondary N) is 1. The van der Waals surface area contributed by atoms with E-state index in [2.05, 4.69) is 36.0 Å². The molecular weight excluding hydrogens is 308 g/mol. The average Bonchev–Trinajstić information content (AvgIpc) is 2.65. The number of rotatable bonds is 3. The first-order chi connectivity index (χ1) is 12.1. The molecule has 1 amide bonds. The van der Waals surface area contributed by atoms with Crippen LogP contribution in [0.25, 0.3) is 10.9 Å². The first kappa shape index (κ1) is 16.7. The van der Waals surface area contributed by atoms with Crippen molar-refractivity contribution in [3.8, 4) is 11.8 Å². The molecule has 0 unspecified atom stereocenters. The first-order valence-corrected chi connectivity index (χ1v) is 8.37. The Morgan fingerprint density at radius 1 is 1.08 bits per heavy atom.